The van der Waals surface area contributed by atoms with E-state index in [1.54, 1.807) is 35.3 Å². The fourth-order valence-corrected chi connectivity index (χ4v) is 1.83. The van der Waals surface area contributed by atoms with E-state index in [0.29, 0.717) is 25.3 Å². The standard InChI is InChI=1S/C15H19N3O3/c1-3-11-17(12-4-2)15(19)9-10-16-13-7-5-6-8-14(13)18(20)21/h3-8,16H,1-2,9-12H2. The number of nitro benzene ring substituents is 1. The first-order valence-corrected chi connectivity index (χ1v) is 6.57. The highest BCUT2D eigenvalue weighted by Gasteiger charge is 2.13. The van der Waals surface area contributed by atoms with Crippen LogP contribution in [0.2, 0.25) is 0 Å². The molecule has 0 saturated carbocycles. The Morgan fingerprint density at radius 3 is 2.48 bits per heavy atom. The quantitative estimate of drug-likeness (QED) is 0.431. The molecule has 0 unspecified atom stereocenters. The van der Waals surface area contributed by atoms with E-state index in [2.05, 4.69) is 18.5 Å². The maximum atomic E-state index is 12.0. The molecule has 0 aromatic heterocycles. The van der Waals surface area contributed by atoms with Crippen molar-refractivity contribution in [2.24, 2.45) is 0 Å². The Labute approximate surface area is 123 Å². The van der Waals surface area contributed by atoms with Gasteiger partial charge in [0.15, 0.2) is 0 Å². The minimum atomic E-state index is -0.452. The van der Waals surface area contributed by atoms with E-state index in [-0.39, 0.29) is 18.0 Å². The van der Waals surface area contributed by atoms with Gasteiger partial charge in [-0.15, -0.1) is 13.2 Å². The number of carbonyl (C=O) groups is 1. The Hall–Kier alpha value is -2.63. The topological polar surface area (TPSA) is 75.5 Å². The van der Waals surface area contributed by atoms with Crippen molar-refractivity contribution < 1.29 is 9.72 Å². The van der Waals surface area contributed by atoms with Crippen LogP contribution in [0.3, 0.4) is 0 Å². The molecular formula is C15H19N3O3. The highest BCUT2D eigenvalue weighted by molar-refractivity contribution is 5.77. The van der Waals surface area contributed by atoms with Crippen molar-refractivity contribution in [1.82, 2.24) is 4.90 Å². The van der Waals surface area contributed by atoms with Gasteiger partial charge in [-0.05, 0) is 6.07 Å². The Bertz CT molecular complexity index is 519. The van der Waals surface area contributed by atoms with Crippen LogP contribution in [-0.2, 0) is 4.79 Å². The zero-order valence-corrected chi connectivity index (χ0v) is 11.8. The molecule has 0 fully saturated rings. The number of benzene rings is 1. The van der Waals surface area contributed by atoms with Crippen LogP contribution in [0.25, 0.3) is 0 Å². The second-order valence-electron chi connectivity index (χ2n) is 4.33. The van der Waals surface area contributed by atoms with Crippen LogP contribution in [0.5, 0.6) is 0 Å². The molecule has 0 saturated heterocycles. The minimum Gasteiger partial charge on any atom is -0.379 e. The molecule has 6 nitrogen and oxygen atoms in total. The van der Waals surface area contributed by atoms with Gasteiger partial charge >= 0.3 is 0 Å². The lowest BCUT2D eigenvalue weighted by Crippen LogP contribution is -2.32. The maximum absolute atomic E-state index is 12.0. The Kier molecular flexibility index (Phi) is 6.67. The molecule has 0 bridgehead atoms. The smallest absolute Gasteiger partial charge is 0.292 e. The average molecular weight is 289 g/mol. The Morgan fingerprint density at radius 1 is 1.29 bits per heavy atom. The molecule has 1 rings (SSSR count). The number of nitro groups is 1. The average Bonchev–Trinajstić information content (AvgIpc) is 2.47. The number of carbonyl (C=O) groups excluding carboxylic acids is 1. The fourth-order valence-electron chi connectivity index (χ4n) is 1.83. The van der Waals surface area contributed by atoms with E-state index in [9.17, 15) is 14.9 Å². The van der Waals surface area contributed by atoms with Crippen molar-refractivity contribution in [3.63, 3.8) is 0 Å². The van der Waals surface area contributed by atoms with Gasteiger partial charge < -0.3 is 10.2 Å². The number of nitrogens with one attached hydrogen (secondary N) is 1. The molecule has 1 aromatic rings. The van der Waals surface area contributed by atoms with E-state index >= 15 is 0 Å². The SMILES string of the molecule is C=CCN(CC=C)C(=O)CCNc1ccccc1[N+](=O)[O-]. The van der Waals surface area contributed by atoms with Crippen LogP contribution in [0.4, 0.5) is 11.4 Å². The monoisotopic (exact) mass is 289 g/mol. The summed E-state index contributed by atoms with van der Waals surface area (Å²) in [6.07, 6.45) is 3.54. The normalized spacial score (nSPS) is 9.71. The van der Waals surface area contributed by atoms with Gasteiger partial charge in [-0.1, -0.05) is 24.3 Å². The molecule has 6 heteroatoms. The second-order valence-corrected chi connectivity index (χ2v) is 4.33. The number of amides is 1. The van der Waals surface area contributed by atoms with E-state index in [1.807, 2.05) is 0 Å². The van der Waals surface area contributed by atoms with Gasteiger partial charge in [0.1, 0.15) is 5.69 Å². The number of para-hydroxylation sites is 2. The summed E-state index contributed by atoms with van der Waals surface area (Å²) in [5, 5.41) is 13.8. The number of hydrogen-bond acceptors (Lipinski definition) is 4. The van der Waals surface area contributed by atoms with Crippen molar-refractivity contribution in [2.45, 2.75) is 6.42 Å². The molecule has 0 atom stereocenters. The van der Waals surface area contributed by atoms with E-state index in [0.717, 1.165) is 0 Å². The summed E-state index contributed by atoms with van der Waals surface area (Å²) in [6, 6.07) is 6.35. The molecule has 1 amide bonds. The van der Waals surface area contributed by atoms with Crippen molar-refractivity contribution in [3.05, 3.63) is 59.7 Å². The third-order valence-corrected chi connectivity index (χ3v) is 2.81. The molecule has 112 valence electrons. The zero-order chi connectivity index (χ0) is 15.7. The van der Waals surface area contributed by atoms with Crippen molar-refractivity contribution >= 4 is 17.3 Å². The summed E-state index contributed by atoms with van der Waals surface area (Å²) in [5.74, 6) is -0.0547. The molecule has 0 spiro atoms. The molecule has 1 aromatic carbocycles. The van der Waals surface area contributed by atoms with Gasteiger partial charge in [-0.3, -0.25) is 14.9 Å². The van der Waals surface area contributed by atoms with Crippen LogP contribution in [0.15, 0.2) is 49.6 Å². The lowest BCUT2D eigenvalue weighted by atomic mass is 10.2. The Morgan fingerprint density at radius 2 is 1.90 bits per heavy atom. The van der Waals surface area contributed by atoms with Crippen molar-refractivity contribution in [1.29, 1.82) is 0 Å². The predicted octanol–water partition coefficient (Wildman–Crippen LogP) is 2.60. The third-order valence-electron chi connectivity index (χ3n) is 2.81. The molecule has 0 heterocycles. The second kappa shape index (κ2) is 8.52. The summed E-state index contributed by atoms with van der Waals surface area (Å²) >= 11 is 0. The largest absolute Gasteiger partial charge is 0.379 e. The van der Waals surface area contributed by atoms with Gasteiger partial charge in [0.2, 0.25) is 5.91 Å². The molecular weight excluding hydrogens is 270 g/mol. The summed E-state index contributed by atoms with van der Waals surface area (Å²) in [5.41, 5.74) is 0.410. The molecule has 0 radical (unpaired) electrons. The molecule has 21 heavy (non-hydrogen) atoms. The van der Waals surface area contributed by atoms with Crippen LogP contribution in [0, 0.1) is 10.1 Å². The van der Waals surface area contributed by atoms with Crippen molar-refractivity contribution in [2.75, 3.05) is 25.0 Å². The van der Waals surface area contributed by atoms with Crippen LogP contribution < -0.4 is 5.32 Å². The predicted molar refractivity (Wildman–Crippen MR) is 83.2 cm³/mol. The summed E-state index contributed by atoms with van der Waals surface area (Å²) in [6.45, 7) is 8.45. The highest BCUT2D eigenvalue weighted by Crippen LogP contribution is 2.22. The minimum absolute atomic E-state index is 0.000937. The van der Waals surface area contributed by atoms with Crippen LogP contribution >= 0.6 is 0 Å². The number of hydrogen-bond donors (Lipinski definition) is 1. The van der Waals surface area contributed by atoms with Gasteiger partial charge in [0.25, 0.3) is 5.69 Å². The van der Waals surface area contributed by atoms with E-state index < -0.39 is 4.92 Å². The van der Waals surface area contributed by atoms with Gasteiger partial charge in [-0.25, -0.2) is 0 Å². The van der Waals surface area contributed by atoms with Crippen LogP contribution in [0.1, 0.15) is 6.42 Å². The zero-order valence-electron chi connectivity index (χ0n) is 11.8. The lowest BCUT2D eigenvalue weighted by Gasteiger charge is -2.19. The fraction of sp³-hybridized carbons (Fsp3) is 0.267. The number of nitrogens with zero attached hydrogens (tertiary/aromatic N) is 2. The first kappa shape index (κ1) is 16.4. The Balaban J connectivity index is 2.56. The van der Waals surface area contributed by atoms with Gasteiger partial charge in [0, 0.05) is 32.1 Å². The maximum Gasteiger partial charge on any atom is 0.292 e. The van der Waals surface area contributed by atoms with E-state index in [4.69, 9.17) is 0 Å². The number of rotatable bonds is 9. The molecule has 0 aliphatic carbocycles. The summed E-state index contributed by atoms with van der Waals surface area (Å²) in [7, 11) is 0. The summed E-state index contributed by atoms with van der Waals surface area (Å²) < 4.78 is 0. The highest BCUT2D eigenvalue weighted by atomic mass is 16.6. The lowest BCUT2D eigenvalue weighted by molar-refractivity contribution is -0.384. The van der Waals surface area contributed by atoms with Gasteiger partial charge in [0.05, 0.1) is 4.92 Å². The first-order valence-electron chi connectivity index (χ1n) is 6.57. The third kappa shape index (κ3) is 5.10. The van der Waals surface area contributed by atoms with E-state index in [1.165, 1.54) is 6.07 Å². The summed E-state index contributed by atoms with van der Waals surface area (Å²) in [4.78, 5) is 24.0. The molecule has 0 aliphatic rings. The molecule has 1 N–H and O–H groups in total. The first-order chi connectivity index (χ1) is 10.1. The van der Waals surface area contributed by atoms with Crippen LogP contribution in [-0.4, -0.2) is 35.4 Å². The molecule has 0 aliphatic heterocycles. The van der Waals surface area contributed by atoms with Crippen molar-refractivity contribution in [3.8, 4) is 0 Å². The van der Waals surface area contributed by atoms with Gasteiger partial charge in [-0.2, -0.15) is 0 Å². The number of anilines is 1.